The molecular formula is C17H17N3O2. The van der Waals surface area contributed by atoms with Crippen LogP contribution in [0.25, 0.3) is 10.9 Å². The molecule has 0 atom stereocenters. The number of nitrogen functional groups attached to an aromatic ring is 1. The molecule has 0 amide bonds. The summed E-state index contributed by atoms with van der Waals surface area (Å²) in [5, 5.41) is 4.14. The van der Waals surface area contributed by atoms with Crippen molar-refractivity contribution in [3.63, 3.8) is 0 Å². The lowest BCUT2D eigenvalue weighted by Gasteiger charge is -2.10. The fraction of sp³-hybridized carbons (Fsp3) is 0.118. The van der Waals surface area contributed by atoms with E-state index in [1.807, 2.05) is 42.5 Å². The number of anilines is 2. The zero-order chi connectivity index (χ0) is 15.5. The highest BCUT2D eigenvalue weighted by Gasteiger charge is 2.04. The Balaban J connectivity index is 1.84. The number of para-hydroxylation sites is 1. The van der Waals surface area contributed by atoms with Crippen LogP contribution in [0.2, 0.25) is 0 Å². The van der Waals surface area contributed by atoms with Crippen molar-refractivity contribution in [1.82, 2.24) is 4.98 Å². The van der Waals surface area contributed by atoms with Gasteiger partial charge in [-0.05, 0) is 29.8 Å². The van der Waals surface area contributed by atoms with E-state index < -0.39 is 0 Å². The van der Waals surface area contributed by atoms with Crippen LogP contribution in [0.3, 0.4) is 0 Å². The number of nitrogens with one attached hydrogen (secondary N) is 2. The van der Waals surface area contributed by atoms with E-state index in [0.29, 0.717) is 23.7 Å². The zero-order valence-electron chi connectivity index (χ0n) is 12.2. The van der Waals surface area contributed by atoms with Gasteiger partial charge in [-0.2, -0.15) is 0 Å². The van der Waals surface area contributed by atoms with E-state index in [0.717, 1.165) is 16.5 Å². The minimum Gasteiger partial charge on any atom is -0.495 e. The van der Waals surface area contributed by atoms with E-state index in [-0.39, 0.29) is 5.56 Å². The largest absolute Gasteiger partial charge is 0.495 e. The van der Waals surface area contributed by atoms with Crippen LogP contribution in [-0.4, -0.2) is 12.1 Å². The van der Waals surface area contributed by atoms with Gasteiger partial charge in [-0.1, -0.05) is 24.3 Å². The minimum atomic E-state index is -0.138. The Morgan fingerprint density at radius 3 is 2.82 bits per heavy atom. The summed E-state index contributed by atoms with van der Waals surface area (Å²) in [6, 6.07) is 15.1. The fourth-order valence-corrected chi connectivity index (χ4v) is 2.34. The molecule has 4 N–H and O–H groups in total. The van der Waals surface area contributed by atoms with Crippen LogP contribution in [0, 0.1) is 0 Å². The molecule has 3 aromatic rings. The third-order valence-electron chi connectivity index (χ3n) is 3.53. The first-order valence-electron chi connectivity index (χ1n) is 6.96. The Morgan fingerprint density at radius 1 is 1.18 bits per heavy atom. The summed E-state index contributed by atoms with van der Waals surface area (Å²) < 4.78 is 5.20. The average molecular weight is 295 g/mol. The summed E-state index contributed by atoms with van der Waals surface area (Å²) in [4.78, 5) is 14.9. The Bertz CT molecular complexity index is 871. The molecule has 22 heavy (non-hydrogen) atoms. The lowest BCUT2D eigenvalue weighted by Crippen LogP contribution is -2.13. The predicted octanol–water partition coefficient (Wildman–Crippen LogP) is 2.73. The maximum Gasteiger partial charge on any atom is 0.271 e. The summed E-state index contributed by atoms with van der Waals surface area (Å²) in [7, 11) is 1.58. The van der Waals surface area contributed by atoms with Crippen LogP contribution in [0.1, 0.15) is 5.56 Å². The molecule has 5 heteroatoms. The Hall–Kier alpha value is -2.95. The monoisotopic (exact) mass is 295 g/mol. The molecule has 0 spiro atoms. The molecular weight excluding hydrogens is 278 g/mol. The molecule has 0 saturated heterocycles. The molecule has 0 aliphatic heterocycles. The molecule has 0 unspecified atom stereocenters. The smallest absolute Gasteiger partial charge is 0.271 e. The van der Waals surface area contributed by atoms with Crippen molar-refractivity contribution < 1.29 is 4.74 Å². The number of fused-ring (bicyclic) bond motifs is 1. The van der Waals surface area contributed by atoms with Gasteiger partial charge in [0.1, 0.15) is 11.4 Å². The van der Waals surface area contributed by atoms with Crippen molar-refractivity contribution >= 4 is 22.3 Å². The highest BCUT2D eigenvalue weighted by Crippen LogP contribution is 2.22. The van der Waals surface area contributed by atoms with Gasteiger partial charge >= 0.3 is 0 Å². The van der Waals surface area contributed by atoms with E-state index in [4.69, 9.17) is 10.5 Å². The van der Waals surface area contributed by atoms with Gasteiger partial charge in [0.2, 0.25) is 0 Å². The third kappa shape index (κ3) is 2.74. The van der Waals surface area contributed by atoms with Crippen LogP contribution in [0.15, 0.2) is 53.3 Å². The van der Waals surface area contributed by atoms with E-state index in [1.165, 1.54) is 0 Å². The molecule has 0 radical (unpaired) electrons. The lowest BCUT2D eigenvalue weighted by molar-refractivity contribution is 0.416. The van der Waals surface area contributed by atoms with Gasteiger partial charge in [-0.3, -0.25) is 4.79 Å². The van der Waals surface area contributed by atoms with E-state index in [1.54, 1.807) is 13.2 Å². The first-order valence-corrected chi connectivity index (χ1v) is 6.96. The van der Waals surface area contributed by atoms with Crippen LogP contribution in [-0.2, 0) is 6.54 Å². The van der Waals surface area contributed by atoms with Crippen LogP contribution in [0.5, 0.6) is 5.75 Å². The van der Waals surface area contributed by atoms with Crippen molar-refractivity contribution in [3.8, 4) is 5.75 Å². The van der Waals surface area contributed by atoms with Gasteiger partial charge in [0.15, 0.2) is 0 Å². The van der Waals surface area contributed by atoms with Crippen LogP contribution >= 0.6 is 0 Å². The maximum atomic E-state index is 12.1. The maximum absolute atomic E-state index is 12.1. The summed E-state index contributed by atoms with van der Waals surface area (Å²) in [5.74, 6) is 0.631. The Morgan fingerprint density at radius 2 is 2.00 bits per heavy atom. The van der Waals surface area contributed by atoms with Crippen LogP contribution in [0.4, 0.5) is 11.4 Å². The van der Waals surface area contributed by atoms with Crippen molar-refractivity contribution in [3.05, 3.63) is 64.4 Å². The number of methoxy groups -OCH3 is 1. The number of hydrogen-bond acceptors (Lipinski definition) is 4. The van der Waals surface area contributed by atoms with E-state index in [9.17, 15) is 4.79 Å². The second-order valence-electron chi connectivity index (χ2n) is 5.03. The van der Waals surface area contributed by atoms with Crippen molar-refractivity contribution in [2.75, 3.05) is 18.2 Å². The molecule has 3 rings (SSSR count). The zero-order valence-corrected chi connectivity index (χ0v) is 12.2. The number of hydrogen-bond donors (Lipinski definition) is 3. The summed E-state index contributed by atoms with van der Waals surface area (Å²) in [6.07, 6.45) is 0. The molecule has 0 aliphatic rings. The number of rotatable bonds is 4. The van der Waals surface area contributed by atoms with E-state index >= 15 is 0 Å². The predicted molar refractivity (Wildman–Crippen MR) is 89.3 cm³/mol. The topological polar surface area (TPSA) is 80.1 Å². The normalized spacial score (nSPS) is 10.6. The van der Waals surface area contributed by atoms with Crippen LogP contribution < -0.4 is 21.3 Å². The molecule has 0 fully saturated rings. The highest BCUT2D eigenvalue weighted by molar-refractivity contribution is 5.81. The standard InChI is InChI=1S/C17H17N3O2/c1-22-16-8-11(6-7-13(16)18)10-19-15-9-12-4-2-3-5-14(12)20-17(15)21/h2-9,19H,10,18H2,1H3,(H,20,21). The minimum absolute atomic E-state index is 0.138. The van der Waals surface area contributed by atoms with Gasteiger partial charge in [0.05, 0.1) is 12.8 Å². The molecule has 2 aromatic carbocycles. The lowest BCUT2D eigenvalue weighted by atomic mass is 10.1. The molecule has 0 bridgehead atoms. The molecule has 5 nitrogen and oxygen atoms in total. The van der Waals surface area contributed by atoms with Gasteiger partial charge in [0, 0.05) is 17.4 Å². The van der Waals surface area contributed by atoms with Crippen molar-refractivity contribution in [2.24, 2.45) is 0 Å². The Labute approximate surface area is 127 Å². The number of pyridine rings is 1. The molecule has 112 valence electrons. The summed E-state index contributed by atoms with van der Waals surface area (Å²) in [6.45, 7) is 0.512. The first kappa shape index (κ1) is 14.0. The first-order chi connectivity index (χ1) is 10.7. The second kappa shape index (κ2) is 5.81. The molecule has 0 aliphatic carbocycles. The number of ether oxygens (including phenoxy) is 1. The highest BCUT2D eigenvalue weighted by atomic mass is 16.5. The van der Waals surface area contributed by atoms with Gasteiger partial charge in [0.25, 0.3) is 5.56 Å². The van der Waals surface area contributed by atoms with Gasteiger partial charge in [-0.25, -0.2) is 0 Å². The second-order valence-corrected chi connectivity index (χ2v) is 5.03. The average Bonchev–Trinajstić information content (AvgIpc) is 2.54. The number of benzene rings is 2. The van der Waals surface area contributed by atoms with E-state index in [2.05, 4.69) is 10.3 Å². The van der Waals surface area contributed by atoms with Gasteiger partial charge < -0.3 is 20.8 Å². The van der Waals surface area contributed by atoms with Crippen molar-refractivity contribution in [2.45, 2.75) is 6.54 Å². The Kier molecular flexibility index (Phi) is 3.70. The SMILES string of the molecule is COc1cc(CNc2cc3ccccc3[nH]c2=O)ccc1N. The molecule has 0 saturated carbocycles. The van der Waals surface area contributed by atoms with Crippen molar-refractivity contribution in [1.29, 1.82) is 0 Å². The van der Waals surface area contributed by atoms with Gasteiger partial charge in [-0.15, -0.1) is 0 Å². The number of aromatic amines is 1. The third-order valence-corrected chi connectivity index (χ3v) is 3.53. The number of nitrogens with two attached hydrogens (primary N) is 1. The molecule has 1 heterocycles. The quantitative estimate of drug-likeness (QED) is 0.647. The number of aromatic nitrogens is 1. The molecule has 1 aromatic heterocycles. The fourth-order valence-electron chi connectivity index (χ4n) is 2.34. The summed E-state index contributed by atoms with van der Waals surface area (Å²) >= 11 is 0. The summed E-state index contributed by atoms with van der Waals surface area (Å²) in [5.41, 5.74) is 8.60. The number of H-pyrrole nitrogens is 1.